The van der Waals surface area contributed by atoms with Crippen molar-refractivity contribution in [2.24, 2.45) is 0 Å². The van der Waals surface area contributed by atoms with Gasteiger partial charge in [-0.05, 0) is 18.2 Å². The SMILES string of the molecule is COCCN(C)c1ncc2cc(Br)ccc2n1. The minimum Gasteiger partial charge on any atom is -0.383 e. The van der Waals surface area contributed by atoms with Crippen LogP contribution in [0.1, 0.15) is 0 Å². The Morgan fingerprint density at radius 2 is 2.24 bits per heavy atom. The van der Waals surface area contributed by atoms with Gasteiger partial charge in [-0.2, -0.15) is 0 Å². The Morgan fingerprint density at radius 1 is 1.41 bits per heavy atom. The quantitative estimate of drug-likeness (QED) is 0.869. The summed E-state index contributed by atoms with van der Waals surface area (Å²) in [6.07, 6.45) is 1.84. The Morgan fingerprint density at radius 3 is 3.00 bits per heavy atom. The van der Waals surface area contributed by atoms with E-state index in [0.717, 1.165) is 27.9 Å². The fourth-order valence-corrected chi connectivity index (χ4v) is 1.89. The average molecular weight is 296 g/mol. The highest BCUT2D eigenvalue weighted by Gasteiger charge is 2.05. The second kappa shape index (κ2) is 5.42. The first-order chi connectivity index (χ1) is 8.20. The lowest BCUT2D eigenvalue weighted by Crippen LogP contribution is -2.24. The maximum Gasteiger partial charge on any atom is 0.225 e. The Labute approximate surface area is 109 Å². The van der Waals surface area contributed by atoms with Crippen molar-refractivity contribution in [1.82, 2.24) is 9.97 Å². The van der Waals surface area contributed by atoms with Gasteiger partial charge in [0.2, 0.25) is 5.95 Å². The number of halogens is 1. The first kappa shape index (κ1) is 12.3. The Hall–Kier alpha value is -1.20. The minimum absolute atomic E-state index is 0.665. The highest BCUT2D eigenvalue weighted by Crippen LogP contribution is 2.19. The number of nitrogens with zero attached hydrogens (tertiary/aromatic N) is 3. The van der Waals surface area contributed by atoms with Crippen molar-refractivity contribution in [3.63, 3.8) is 0 Å². The predicted octanol–water partition coefficient (Wildman–Crippen LogP) is 2.47. The van der Waals surface area contributed by atoms with Crippen molar-refractivity contribution in [2.75, 3.05) is 32.2 Å². The standard InChI is InChI=1S/C12H14BrN3O/c1-16(5-6-17-2)12-14-8-9-7-10(13)3-4-11(9)15-12/h3-4,7-8H,5-6H2,1-2H3. The van der Waals surface area contributed by atoms with E-state index in [2.05, 4.69) is 25.9 Å². The summed E-state index contributed by atoms with van der Waals surface area (Å²) in [4.78, 5) is 10.8. The van der Waals surface area contributed by atoms with E-state index in [1.807, 2.05) is 36.3 Å². The molecular weight excluding hydrogens is 282 g/mol. The third-order valence-electron chi connectivity index (χ3n) is 2.50. The third kappa shape index (κ3) is 2.92. The van der Waals surface area contributed by atoms with Gasteiger partial charge in [0.05, 0.1) is 12.1 Å². The zero-order chi connectivity index (χ0) is 12.3. The van der Waals surface area contributed by atoms with Crippen LogP contribution in [0.5, 0.6) is 0 Å². The summed E-state index contributed by atoms with van der Waals surface area (Å²) in [6, 6.07) is 5.97. The van der Waals surface area contributed by atoms with Gasteiger partial charge in [0.25, 0.3) is 0 Å². The normalized spacial score (nSPS) is 10.8. The molecule has 1 aromatic heterocycles. The number of fused-ring (bicyclic) bond motifs is 1. The molecule has 2 rings (SSSR count). The second-order valence-corrected chi connectivity index (χ2v) is 4.70. The van der Waals surface area contributed by atoms with Crippen molar-refractivity contribution in [3.8, 4) is 0 Å². The third-order valence-corrected chi connectivity index (χ3v) is 2.99. The molecule has 0 atom stereocenters. The van der Waals surface area contributed by atoms with Crippen LogP contribution in [0.2, 0.25) is 0 Å². The van der Waals surface area contributed by atoms with Crippen LogP contribution >= 0.6 is 15.9 Å². The molecule has 0 unspecified atom stereocenters. The molecule has 0 aliphatic rings. The fourth-order valence-electron chi connectivity index (χ4n) is 1.51. The molecule has 0 fully saturated rings. The van der Waals surface area contributed by atoms with Gasteiger partial charge in [-0.3, -0.25) is 0 Å². The van der Waals surface area contributed by atoms with Crippen LogP contribution in [-0.2, 0) is 4.74 Å². The topological polar surface area (TPSA) is 38.2 Å². The maximum atomic E-state index is 5.03. The summed E-state index contributed by atoms with van der Waals surface area (Å²) in [5.41, 5.74) is 0.947. The number of hydrogen-bond donors (Lipinski definition) is 0. The van der Waals surface area contributed by atoms with Gasteiger partial charge < -0.3 is 9.64 Å². The van der Waals surface area contributed by atoms with E-state index in [9.17, 15) is 0 Å². The zero-order valence-corrected chi connectivity index (χ0v) is 11.4. The summed E-state index contributed by atoms with van der Waals surface area (Å²) in [7, 11) is 3.64. The highest BCUT2D eigenvalue weighted by atomic mass is 79.9. The van der Waals surface area contributed by atoms with Crippen LogP contribution in [0.3, 0.4) is 0 Å². The van der Waals surface area contributed by atoms with E-state index in [4.69, 9.17) is 4.74 Å². The molecule has 2 aromatic rings. The number of anilines is 1. The Balaban J connectivity index is 2.28. The smallest absolute Gasteiger partial charge is 0.225 e. The first-order valence-corrected chi connectivity index (χ1v) is 6.12. The van der Waals surface area contributed by atoms with Gasteiger partial charge in [0, 0.05) is 36.8 Å². The average Bonchev–Trinajstić information content (AvgIpc) is 2.35. The molecule has 0 radical (unpaired) electrons. The number of aromatic nitrogens is 2. The number of likely N-dealkylation sites (N-methyl/N-ethyl adjacent to an activating group) is 1. The molecule has 1 heterocycles. The molecule has 0 spiro atoms. The Bertz CT molecular complexity index is 518. The molecule has 0 aliphatic carbocycles. The summed E-state index contributed by atoms with van der Waals surface area (Å²) < 4.78 is 6.07. The fraction of sp³-hybridized carbons (Fsp3) is 0.333. The summed E-state index contributed by atoms with van der Waals surface area (Å²) in [5, 5.41) is 1.03. The van der Waals surface area contributed by atoms with E-state index in [0.29, 0.717) is 6.61 Å². The zero-order valence-electron chi connectivity index (χ0n) is 9.85. The maximum absolute atomic E-state index is 5.03. The number of benzene rings is 1. The summed E-state index contributed by atoms with van der Waals surface area (Å²) in [5.74, 6) is 0.719. The molecule has 90 valence electrons. The van der Waals surface area contributed by atoms with Crippen LogP contribution in [0.4, 0.5) is 5.95 Å². The molecule has 5 heteroatoms. The molecule has 0 saturated carbocycles. The van der Waals surface area contributed by atoms with Crippen molar-refractivity contribution in [1.29, 1.82) is 0 Å². The lowest BCUT2D eigenvalue weighted by Gasteiger charge is -2.16. The van der Waals surface area contributed by atoms with Crippen LogP contribution < -0.4 is 4.90 Å². The summed E-state index contributed by atoms with van der Waals surface area (Å²) >= 11 is 3.43. The molecule has 0 saturated heterocycles. The molecule has 0 amide bonds. The van der Waals surface area contributed by atoms with Crippen molar-refractivity contribution in [2.45, 2.75) is 0 Å². The second-order valence-electron chi connectivity index (χ2n) is 3.79. The van der Waals surface area contributed by atoms with E-state index < -0.39 is 0 Å². The van der Waals surface area contributed by atoms with Crippen LogP contribution in [-0.4, -0.2) is 37.3 Å². The van der Waals surface area contributed by atoms with Gasteiger partial charge in [0.1, 0.15) is 0 Å². The lowest BCUT2D eigenvalue weighted by atomic mass is 10.2. The van der Waals surface area contributed by atoms with E-state index >= 15 is 0 Å². The van der Waals surface area contributed by atoms with Crippen LogP contribution in [0.25, 0.3) is 10.9 Å². The predicted molar refractivity (Wildman–Crippen MR) is 72.4 cm³/mol. The minimum atomic E-state index is 0.665. The first-order valence-electron chi connectivity index (χ1n) is 5.33. The van der Waals surface area contributed by atoms with E-state index in [-0.39, 0.29) is 0 Å². The number of ether oxygens (including phenoxy) is 1. The largest absolute Gasteiger partial charge is 0.383 e. The van der Waals surface area contributed by atoms with E-state index in [1.165, 1.54) is 0 Å². The lowest BCUT2D eigenvalue weighted by molar-refractivity contribution is 0.206. The van der Waals surface area contributed by atoms with Crippen molar-refractivity contribution < 1.29 is 4.74 Å². The molecule has 4 nitrogen and oxygen atoms in total. The van der Waals surface area contributed by atoms with Gasteiger partial charge in [-0.15, -0.1) is 0 Å². The molecule has 1 aromatic carbocycles. The molecule has 0 bridgehead atoms. The molecular formula is C12H14BrN3O. The Kier molecular flexibility index (Phi) is 3.91. The monoisotopic (exact) mass is 295 g/mol. The van der Waals surface area contributed by atoms with E-state index in [1.54, 1.807) is 7.11 Å². The van der Waals surface area contributed by atoms with Gasteiger partial charge in [-0.25, -0.2) is 9.97 Å². The van der Waals surface area contributed by atoms with Gasteiger partial charge >= 0.3 is 0 Å². The van der Waals surface area contributed by atoms with Gasteiger partial charge in [-0.1, -0.05) is 15.9 Å². The summed E-state index contributed by atoms with van der Waals surface area (Å²) in [6.45, 7) is 1.44. The van der Waals surface area contributed by atoms with Gasteiger partial charge in [0.15, 0.2) is 0 Å². The van der Waals surface area contributed by atoms with Crippen molar-refractivity contribution >= 4 is 32.8 Å². The number of methoxy groups -OCH3 is 1. The van der Waals surface area contributed by atoms with Crippen LogP contribution in [0.15, 0.2) is 28.9 Å². The molecule has 17 heavy (non-hydrogen) atoms. The number of rotatable bonds is 4. The molecule has 0 aliphatic heterocycles. The van der Waals surface area contributed by atoms with Crippen LogP contribution in [0, 0.1) is 0 Å². The number of hydrogen-bond acceptors (Lipinski definition) is 4. The molecule has 0 N–H and O–H groups in total. The highest BCUT2D eigenvalue weighted by molar-refractivity contribution is 9.10. The van der Waals surface area contributed by atoms with Crippen molar-refractivity contribution in [3.05, 3.63) is 28.9 Å².